The van der Waals surface area contributed by atoms with Crippen LogP contribution in [0.25, 0.3) is 10.8 Å². The Balaban J connectivity index is 1.35. The Kier molecular flexibility index (Phi) is 6.63. The first-order chi connectivity index (χ1) is 15.8. The summed E-state index contributed by atoms with van der Waals surface area (Å²) >= 11 is 1.15. The second-order valence-electron chi connectivity index (χ2n) is 7.59. The summed E-state index contributed by atoms with van der Waals surface area (Å²) < 4.78 is 36.9. The molecular formula is C22H24N4O5S2. The van der Waals surface area contributed by atoms with Crippen LogP contribution in [0.4, 0.5) is 5.00 Å². The molecule has 0 unspecified atom stereocenters. The van der Waals surface area contributed by atoms with Crippen LogP contribution >= 0.6 is 11.5 Å². The summed E-state index contributed by atoms with van der Waals surface area (Å²) in [5.74, 6) is -0.977. The summed E-state index contributed by atoms with van der Waals surface area (Å²) in [5.41, 5.74) is 0.857. The molecule has 0 spiro atoms. The third-order valence-corrected chi connectivity index (χ3v) is 8.42. The maximum absolute atomic E-state index is 13.1. The van der Waals surface area contributed by atoms with E-state index in [2.05, 4.69) is 9.69 Å². The number of carbonyl (C=O) groups is 2. The van der Waals surface area contributed by atoms with E-state index in [1.54, 1.807) is 32.2 Å². The van der Waals surface area contributed by atoms with Crippen LogP contribution in [0.15, 0.2) is 47.4 Å². The zero-order valence-corrected chi connectivity index (χ0v) is 19.9. The first-order valence-corrected chi connectivity index (χ1v) is 12.6. The third kappa shape index (κ3) is 4.70. The molecule has 1 N–H and O–H groups in total. The molecule has 0 bridgehead atoms. The van der Waals surface area contributed by atoms with Gasteiger partial charge in [0, 0.05) is 33.2 Å². The highest BCUT2D eigenvalue weighted by Crippen LogP contribution is 2.25. The molecule has 0 aliphatic carbocycles. The number of nitrogens with zero attached hydrogens (tertiary/aromatic N) is 3. The van der Waals surface area contributed by atoms with Crippen LogP contribution in [-0.4, -0.2) is 73.7 Å². The van der Waals surface area contributed by atoms with Gasteiger partial charge in [0.15, 0.2) is 6.61 Å². The Bertz CT molecular complexity index is 1300. The Labute approximate surface area is 196 Å². The molecule has 2 heterocycles. The fourth-order valence-electron chi connectivity index (χ4n) is 3.73. The van der Waals surface area contributed by atoms with Crippen LogP contribution in [0.3, 0.4) is 0 Å². The number of sulfonamides is 1. The van der Waals surface area contributed by atoms with Crippen molar-refractivity contribution >= 4 is 49.2 Å². The molecule has 1 saturated heterocycles. The van der Waals surface area contributed by atoms with Gasteiger partial charge in [0.2, 0.25) is 10.0 Å². The summed E-state index contributed by atoms with van der Waals surface area (Å²) in [7, 11) is -1.99. The van der Waals surface area contributed by atoms with E-state index in [0.717, 1.165) is 22.3 Å². The first kappa shape index (κ1) is 23.1. The lowest BCUT2D eigenvalue weighted by atomic mass is 10.1. The summed E-state index contributed by atoms with van der Waals surface area (Å²) in [6, 6.07) is 12.6. The summed E-state index contributed by atoms with van der Waals surface area (Å²) in [5, 5.41) is 5.29. The number of hydrogen-bond donors (Lipinski definition) is 1. The van der Waals surface area contributed by atoms with Crippen molar-refractivity contribution in [3.05, 3.63) is 53.7 Å². The minimum Gasteiger partial charge on any atom is -0.452 e. The van der Waals surface area contributed by atoms with Crippen LogP contribution in [0, 0.1) is 6.92 Å². The number of esters is 1. The van der Waals surface area contributed by atoms with E-state index in [4.69, 9.17) is 4.74 Å². The number of piperazine rings is 1. The molecule has 4 rings (SSSR count). The van der Waals surface area contributed by atoms with Gasteiger partial charge in [-0.15, -0.1) is 0 Å². The lowest BCUT2D eigenvalue weighted by molar-refractivity contribution is -0.135. The van der Waals surface area contributed by atoms with Crippen LogP contribution < -0.4 is 5.32 Å². The summed E-state index contributed by atoms with van der Waals surface area (Å²) in [6.45, 7) is 2.09. The fraction of sp³-hybridized carbons (Fsp3) is 0.318. The minimum atomic E-state index is -3.67. The third-order valence-electron chi connectivity index (χ3n) is 5.57. The predicted octanol–water partition coefficient (Wildman–Crippen LogP) is 2.34. The topological polar surface area (TPSA) is 109 Å². The average molecular weight is 489 g/mol. The molecular weight excluding hydrogens is 464 g/mol. The van der Waals surface area contributed by atoms with Crippen molar-refractivity contribution in [2.24, 2.45) is 0 Å². The number of benzene rings is 2. The number of fused-ring (bicyclic) bond motifs is 1. The van der Waals surface area contributed by atoms with Crippen molar-refractivity contribution in [2.45, 2.75) is 11.8 Å². The van der Waals surface area contributed by atoms with E-state index in [0.29, 0.717) is 16.3 Å². The number of rotatable bonds is 6. The molecule has 3 aromatic rings. The van der Waals surface area contributed by atoms with Gasteiger partial charge in [-0.1, -0.05) is 30.3 Å². The number of anilines is 1. The van der Waals surface area contributed by atoms with Crippen molar-refractivity contribution < 1.29 is 22.7 Å². The number of amides is 1. The van der Waals surface area contributed by atoms with Gasteiger partial charge in [-0.05, 0) is 41.4 Å². The second-order valence-corrected chi connectivity index (χ2v) is 10.3. The van der Waals surface area contributed by atoms with Gasteiger partial charge in [0.05, 0.1) is 10.6 Å². The molecule has 1 aliphatic heterocycles. The van der Waals surface area contributed by atoms with Gasteiger partial charge in [-0.3, -0.25) is 4.79 Å². The van der Waals surface area contributed by atoms with Gasteiger partial charge < -0.3 is 15.0 Å². The average Bonchev–Trinajstić information content (AvgIpc) is 3.22. The number of aromatic nitrogens is 1. The standard InChI is InChI=1S/C22H24N4O5S2/c1-15-20(21(23-2)32-24-15)22(28)31-14-19(27)25-9-11-26(12-10-25)33(29,30)18-8-7-16-5-3-4-6-17(16)13-18/h3-8,13,23H,9-12,14H2,1-2H3. The first-order valence-electron chi connectivity index (χ1n) is 10.4. The molecule has 11 heteroatoms. The maximum atomic E-state index is 13.1. The highest BCUT2D eigenvalue weighted by Gasteiger charge is 2.31. The van der Waals surface area contributed by atoms with Crippen molar-refractivity contribution in [3.8, 4) is 0 Å². The molecule has 33 heavy (non-hydrogen) atoms. The predicted molar refractivity (Wildman–Crippen MR) is 126 cm³/mol. The van der Waals surface area contributed by atoms with Crippen molar-refractivity contribution in [1.82, 2.24) is 13.6 Å². The Morgan fingerprint density at radius 2 is 1.79 bits per heavy atom. The molecule has 1 aliphatic rings. The molecule has 0 atom stereocenters. The van der Waals surface area contributed by atoms with Gasteiger partial charge in [-0.2, -0.15) is 8.68 Å². The van der Waals surface area contributed by atoms with Gasteiger partial charge >= 0.3 is 5.97 Å². The molecule has 1 aromatic heterocycles. The zero-order valence-electron chi connectivity index (χ0n) is 18.3. The smallest absolute Gasteiger partial charge is 0.343 e. The highest BCUT2D eigenvalue weighted by atomic mass is 32.2. The monoisotopic (exact) mass is 488 g/mol. The van der Waals surface area contributed by atoms with Crippen molar-refractivity contribution in [1.29, 1.82) is 0 Å². The normalized spacial score (nSPS) is 14.9. The molecule has 1 fully saturated rings. The number of ether oxygens (including phenoxy) is 1. The Hall–Kier alpha value is -3.02. The van der Waals surface area contributed by atoms with Gasteiger partial charge in [-0.25, -0.2) is 13.2 Å². The van der Waals surface area contributed by atoms with Crippen LogP contribution in [-0.2, 0) is 19.6 Å². The van der Waals surface area contributed by atoms with Gasteiger partial charge in [0.1, 0.15) is 10.6 Å². The number of nitrogens with one attached hydrogen (secondary N) is 1. The molecule has 2 aromatic carbocycles. The lowest BCUT2D eigenvalue weighted by Crippen LogP contribution is -2.51. The molecule has 0 saturated carbocycles. The number of hydrogen-bond acceptors (Lipinski definition) is 8. The Morgan fingerprint density at radius 1 is 1.09 bits per heavy atom. The van der Waals surface area contributed by atoms with E-state index in [1.165, 1.54) is 9.21 Å². The minimum absolute atomic E-state index is 0.173. The van der Waals surface area contributed by atoms with Crippen molar-refractivity contribution in [3.63, 3.8) is 0 Å². The Morgan fingerprint density at radius 3 is 2.48 bits per heavy atom. The van der Waals surface area contributed by atoms with Gasteiger partial charge in [0.25, 0.3) is 5.91 Å². The van der Waals surface area contributed by atoms with Crippen molar-refractivity contribution in [2.75, 3.05) is 45.2 Å². The van der Waals surface area contributed by atoms with Crippen LogP contribution in [0.2, 0.25) is 0 Å². The molecule has 0 radical (unpaired) electrons. The highest BCUT2D eigenvalue weighted by molar-refractivity contribution is 7.89. The molecule has 1 amide bonds. The van der Waals surface area contributed by atoms with Crippen LogP contribution in [0.1, 0.15) is 16.1 Å². The van der Waals surface area contributed by atoms with Crippen LogP contribution in [0.5, 0.6) is 0 Å². The van der Waals surface area contributed by atoms with E-state index in [1.807, 2.05) is 24.3 Å². The maximum Gasteiger partial charge on any atom is 0.343 e. The fourth-order valence-corrected chi connectivity index (χ4v) is 5.92. The number of aryl methyl sites for hydroxylation is 1. The van der Waals surface area contributed by atoms with E-state index in [9.17, 15) is 18.0 Å². The van der Waals surface area contributed by atoms with E-state index < -0.39 is 22.6 Å². The molecule has 9 nitrogen and oxygen atoms in total. The summed E-state index contributed by atoms with van der Waals surface area (Å²) in [4.78, 5) is 26.7. The molecule has 174 valence electrons. The van der Waals surface area contributed by atoms with E-state index >= 15 is 0 Å². The SMILES string of the molecule is CNc1snc(C)c1C(=O)OCC(=O)N1CCN(S(=O)(=O)c2ccc3ccccc3c2)CC1. The van der Waals surface area contributed by atoms with E-state index in [-0.39, 0.29) is 37.0 Å². The second kappa shape index (κ2) is 9.46. The number of carbonyl (C=O) groups excluding carboxylic acids is 2. The quantitative estimate of drug-likeness (QED) is 0.531. The lowest BCUT2D eigenvalue weighted by Gasteiger charge is -2.33. The zero-order chi connectivity index (χ0) is 23.6. The summed E-state index contributed by atoms with van der Waals surface area (Å²) in [6.07, 6.45) is 0. The largest absolute Gasteiger partial charge is 0.452 e.